The monoisotopic (exact) mass is 277 g/mol. The molecule has 0 amide bonds. The molecule has 112 valence electrons. The Morgan fingerprint density at radius 1 is 1.35 bits per heavy atom. The minimum absolute atomic E-state index is 0.259. The van der Waals surface area contributed by atoms with Gasteiger partial charge < -0.3 is 15.6 Å². The summed E-state index contributed by atoms with van der Waals surface area (Å²) in [6.45, 7) is 2.88. The highest BCUT2D eigenvalue weighted by molar-refractivity contribution is 5.31. The van der Waals surface area contributed by atoms with Crippen molar-refractivity contribution in [1.29, 1.82) is 0 Å². The van der Waals surface area contributed by atoms with E-state index in [4.69, 9.17) is 10.5 Å². The fourth-order valence-electron chi connectivity index (χ4n) is 2.82. The first-order valence-electron chi connectivity index (χ1n) is 7.74. The van der Waals surface area contributed by atoms with E-state index in [0.717, 1.165) is 32.3 Å². The van der Waals surface area contributed by atoms with E-state index < -0.39 is 5.60 Å². The highest BCUT2D eigenvalue weighted by Gasteiger charge is 2.20. The molecule has 3 N–H and O–H groups in total. The third kappa shape index (κ3) is 4.30. The van der Waals surface area contributed by atoms with Gasteiger partial charge in [-0.2, -0.15) is 0 Å². The zero-order chi connectivity index (χ0) is 14.4. The van der Waals surface area contributed by atoms with E-state index in [9.17, 15) is 5.11 Å². The number of hydrogen-bond donors (Lipinski definition) is 2. The molecule has 2 atom stereocenters. The Kier molecular flexibility index (Phi) is 5.58. The predicted molar refractivity (Wildman–Crippen MR) is 81.6 cm³/mol. The first kappa shape index (κ1) is 15.5. The average molecular weight is 277 g/mol. The number of hydrogen-bond acceptors (Lipinski definition) is 3. The second-order valence-corrected chi connectivity index (χ2v) is 6.11. The summed E-state index contributed by atoms with van der Waals surface area (Å²) in [4.78, 5) is 0. The van der Waals surface area contributed by atoms with Crippen LogP contribution >= 0.6 is 0 Å². The molecule has 0 spiro atoms. The second kappa shape index (κ2) is 7.21. The Morgan fingerprint density at radius 3 is 2.95 bits per heavy atom. The minimum atomic E-state index is -0.725. The Hall–Kier alpha value is -0.900. The maximum atomic E-state index is 9.84. The molecule has 0 aromatic heterocycles. The molecule has 2 unspecified atom stereocenters. The summed E-state index contributed by atoms with van der Waals surface area (Å²) in [6, 6.07) is 8.61. The van der Waals surface area contributed by atoms with Gasteiger partial charge in [0, 0.05) is 13.2 Å². The quantitative estimate of drug-likeness (QED) is 0.753. The lowest BCUT2D eigenvalue weighted by molar-refractivity contribution is 0.0285. The van der Waals surface area contributed by atoms with Crippen molar-refractivity contribution in [2.24, 2.45) is 5.73 Å². The van der Waals surface area contributed by atoms with E-state index >= 15 is 0 Å². The van der Waals surface area contributed by atoms with Gasteiger partial charge in [0.2, 0.25) is 0 Å². The number of ether oxygens (including phenoxy) is 1. The van der Waals surface area contributed by atoms with Crippen LogP contribution in [0.4, 0.5) is 0 Å². The number of nitrogens with two attached hydrogens (primary N) is 1. The number of fused-ring (bicyclic) bond motifs is 1. The van der Waals surface area contributed by atoms with Crippen molar-refractivity contribution in [2.45, 2.75) is 57.2 Å². The summed E-state index contributed by atoms with van der Waals surface area (Å²) in [7, 11) is 0. The van der Waals surface area contributed by atoms with Crippen LogP contribution < -0.4 is 5.73 Å². The van der Waals surface area contributed by atoms with Crippen molar-refractivity contribution in [2.75, 3.05) is 13.2 Å². The maximum absolute atomic E-state index is 9.84. The lowest BCUT2D eigenvalue weighted by atomic mass is 9.89. The van der Waals surface area contributed by atoms with Crippen LogP contribution in [0.5, 0.6) is 0 Å². The summed E-state index contributed by atoms with van der Waals surface area (Å²) >= 11 is 0. The van der Waals surface area contributed by atoms with Gasteiger partial charge in [0.1, 0.15) is 0 Å². The SMILES string of the molecule is CC(O)(CN)CCCCOC1CCCc2ccccc21. The normalized spacial score (nSPS) is 21.2. The van der Waals surface area contributed by atoms with Crippen LogP contribution in [0.25, 0.3) is 0 Å². The molecule has 1 aromatic rings. The Morgan fingerprint density at radius 2 is 2.15 bits per heavy atom. The molecule has 3 nitrogen and oxygen atoms in total. The van der Waals surface area contributed by atoms with E-state index in [1.165, 1.54) is 24.0 Å². The fourth-order valence-corrected chi connectivity index (χ4v) is 2.82. The highest BCUT2D eigenvalue weighted by atomic mass is 16.5. The van der Waals surface area contributed by atoms with Gasteiger partial charge in [-0.15, -0.1) is 0 Å². The molecule has 20 heavy (non-hydrogen) atoms. The van der Waals surface area contributed by atoms with Gasteiger partial charge in [-0.25, -0.2) is 0 Å². The Balaban J connectivity index is 1.73. The molecule has 3 heteroatoms. The van der Waals surface area contributed by atoms with E-state index in [1.807, 2.05) is 0 Å². The molecule has 0 saturated heterocycles. The minimum Gasteiger partial charge on any atom is -0.389 e. The lowest BCUT2D eigenvalue weighted by Crippen LogP contribution is -2.33. The van der Waals surface area contributed by atoms with Gasteiger partial charge in [0.25, 0.3) is 0 Å². The number of unbranched alkanes of at least 4 members (excludes halogenated alkanes) is 1. The van der Waals surface area contributed by atoms with Gasteiger partial charge in [0.05, 0.1) is 11.7 Å². The summed E-state index contributed by atoms with van der Waals surface area (Å²) in [5.41, 5.74) is 7.59. The Labute approximate surface area is 122 Å². The lowest BCUT2D eigenvalue weighted by Gasteiger charge is -2.26. The standard InChI is InChI=1S/C17H27NO2/c1-17(19,13-18)11-4-5-12-20-16-10-6-8-14-7-2-3-9-15(14)16/h2-3,7,9,16,19H,4-6,8,10-13,18H2,1H3. The summed E-state index contributed by atoms with van der Waals surface area (Å²) in [5.74, 6) is 0. The molecule has 2 rings (SSSR count). The van der Waals surface area contributed by atoms with Gasteiger partial charge in [0.15, 0.2) is 0 Å². The first-order valence-corrected chi connectivity index (χ1v) is 7.74. The van der Waals surface area contributed by atoms with Crippen molar-refractivity contribution >= 4 is 0 Å². The summed E-state index contributed by atoms with van der Waals surface area (Å²) in [6.07, 6.45) is 6.45. The molecule has 0 fully saturated rings. The van der Waals surface area contributed by atoms with Crippen molar-refractivity contribution in [3.05, 3.63) is 35.4 Å². The topological polar surface area (TPSA) is 55.5 Å². The van der Waals surface area contributed by atoms with E-state index in [-0.39, 0.29) is 6.10 Å². The van der Waals surface area contributed by atoms with Crippen LogP contribution in [0.1, 0.15) is 56.3 Å². The average Bonchev–Trinajstić information content (AvgIpc) is 2.47. The maximum Gasteiger partial charge on any atom is 0.0827 e. The summed E-state index contributed by atoms with van der Waals surface area (Å²) in [5, 5.41) is 9.84. The smallest absolute Gasteiger partial charge is 0.0827 e. The molecule has 0 heterocycles. The highest BCUT2D eigenvalue weighted by Crippen LogP contribution is 2.32. The molecular formula is C17H27NO2. The predicted octanol–water partition coefficient (Wildman–Crippen LogP) is 2.96. The van der Waals surface area contributed by atoms with E-state index in [2.05, 4.69) is 24.3 Å². The van der Waals surface area contributed by atoms with E-state index in [1.54, 1.807) is 6.92 Å². The van der Waals surface area contributed by atoms with Crippen LogP contribution in [-0.4, -0.2) is 23.9 Å². The van der Waals surface area contributed by atoms with Crippen LogP contribution in [0.2, 0.25) is 0 Å². The zero-order valence-electron chi connectivity index (χ0n) is 12.5. The molecule has 0 saturated carbocycles. The molecule has 0 radical (unpaired) electrons. The molecule has 1 aliphatic carbocycles. The van der Waals surface area contributed by atoms with Crippen LogP contribution in [0.3, 0.4) is 0 Å². The largest absolute Gasteiger partial charge is 0.389 e. The molecule has 1 aliphatic rings. The molecule has 1 aromatic carbocycles. The van der Waals surface area contributed by atoms with Gasteiger partial charge >= 0.3 is 0 Å². The Bertz CT molecular complexity index is 417. The third-order valence-corrected chi connectivity index (χ3v) is 4.18. The van der Waals surface area contributed by atoms with E-state index in [0.29, 0.717) is 6.54 Å². The van der Waals surface area contributed by atoms with Crippen molar-refractivity contribution < 1.29 is 9.84 Å². The summed E-state index contributed by atoms with van der Waals surface area (Å²) < 4.78 is 6.04. The van der Waals surface area contributed by atoms with Gasteiger partial charge in [-0.1, -0.05) is 24.3 Å². The first-order chi connectivity index (χ1) is 9.62. The fraction of sp³-hybridized carbons (Fsp3) is 0.647. The number of aryl methyl sites for hydroxylation is 1. The second-order valence-electron chi connectivity index (χ2n) is 6.11. The van der Waals surface area contributed by atoms with Crippen LogP contribution in [0, 0.1) is 0 Å². The van der Waals surface area contributed by atoms with Crippen molar-refractivity contribution in [1.82, 2.24) is 0 Å². The van der Waals surface area contributed by atoms with Crippen molar-refractivity contribution in [3.63, 3.8) is 0 Å². The number of rotatable bonds is 7. The van der Waals surface area contributed by atoms with Crippen molar-refractivity contribution in [3.8, 4) is 0 Å². The molecule has 0 bridgehead atoms. The van der Waals surface area contributed by atoms with Gasteiger partial charge in [-0.3, -0.25) is 0 Å². The van der Waals surface area contributed by atoms with Crippen LogP contribution in [0.15, 0.2) is 24.3 Å². The molecular weight excluding hydrogens is 250 g/mol. The number of benzene rings is 1. The third-order valence-electron chi connectivity index (χ3n) is 4.18. The molecule has 0 aliphatic heterocycles. The van der Waals surface area contributed by atoms with Crippen LogP contribution in [-0.2, 0) is 11.2 Å². The number of aliphatic hydroxyl groups is 1. The van der Waals surface area contributed by atoms with Gasteiger partial charge in [-0.05, 0) is 56.6 Å². The zero-order valence-corrected chi connectivity index (χ0v) is 12.5.